The van der Waals surface area contributed by atoms with E-state index in [-0.39, 0.29) is 32.4 Å². The maximum Gasteiger partial charge on any atom is 0.416 e. The molecule has 0 atom stereocenters. The molecule has 2 aromatic carbocycles. The highest BCUT2D eigenvalue weighted by Crippen LogP contribution is 2.37. The summed E-state index contributed by atoms with van der Waals surface area (Å²) in [6.07, 6.45) is -4.55. The number of nitro groups is 1. The minimum Gasteiger partial charge on any atom is -0.506 e. The summed E-state index contributed by atoms with van der Waals surface area (Å²) in [6.45, 7) is 0. The molecule has 0 unspecified atom stereocenters. The Balaban J connectivity index is 2.16. The summed E-state index contributed by atoms with van der Waals surface area (Å²) in [7, 11) is 0. The van der Waals surface area contributed by atoms with Crippen LogP contribution in [0, 0.1) is 21.4 Å². The SMILES string of the molecule is N#CC(=C(O)c1cc([N+](=O)[O-])ccc1Cl)c1nc2cc(C(F)(F)F)ccc2s1. The van der Waals surface area contributed by atoms with Gasteiger partial charge in [0.05, 0.1) is 25.7 Å². The van der Waals surface area contributed by atoms with Crippen molar-refractivity contribution in [2.24, 2.45) is 0 Å². The molecular weight excluding hydrogens is 419 g/mol. The van der Waals surface area contributed by atoms with Gasteiger partial charge in [0.25, 0.3) is 5.69 Å². The van der Waals surface area contributed by atoms with E-state index in [1.165, 1.54) is 12.1 Å². The summed E-state index contributed by atoms with van der Waals surface area (Å²) in [5.41, 5.74) is -1.78. The van der Waals surface area contributed by atoms with Crippen molar-refractivity contribution in [3.8, 4) is 6.07 Å². The van der Waals surface area contributed by atoms with Gasteiger partial charge in [-0.2, -0.15) is 18.4 Å². The van der Waals surface area contributed by atoms with Gasteiger partial charge >= 0.3 is 6.18 Å². The molecule has 0 saturated heterocycles. The maximum absolute atomic E-state index is 12.8. The van der Waals surface area contributed by atoms with Crippen molar-refractivity contribution >= 4 is 50.2 Å². The Kier molecular flexibility index (Phi) is 4.97. The third kappa shape index (κ3) is 3.62. The normalized spacial score (nSPS) is 12.5. The molecule has 3 rings (SSSR count). The average Bonchev–Trinajstić information content (AvgIpc) is 3.04. The van der Waals surface area contributed by atoms with Gasteiger partial charge in [-0.25, -0.2) is 4.98 Å². The largest absolute Gasteiger partial charge is 0.506 e. The van der Waals surface area contributed by atoms with Crippen LogP contribution in [-0.4, -0.2) is 15.0 Å². The lowest BCUT2D eigenvalue weighted by atomic mass is 10.1. The molecule has 11 heteroatoms. The highest BCUT2D eigenvalue weighted by atomic mass is 35.5. The maximum atomic E-state index is 12.8. The first kappa shape index (κ1) is 19.6. The van der Waals surface area contributed by atoms with E-state index in [9.17, 15) is 33.7 Å². The Hall–Kier alpha value is -3.16. The zero-order valence-electron chi connectivity index (χ0n) is 13.5. The Bertz CT molecular complexity index is 1180. The second-order valence-electron chi connectivity index (χ2n) is 5.46. The van der Waals surface area contributed by atoms with E-state index in [4.69, 9.17) is 11.6 Å². The number of hydrogen-bond acceptors (Lipinski definition) is 6. The van der Waals surface area contributed by atoms with Crippen molar-refractivity contribution < 1.29 is 23.2 Å². The summed E-state index contributed by atoms with van der Waals surface area (Å²) < 4.78 is 38.9. The van der Waals surface area contributed by atoms with Crippen LogP contribution in [0.5, 0.6) is 0 Å². The number of allylic oxidation sites excluding steroid dienone is 1. The van der Waals surface area contributed by atoms with Crippen molar-refractivity contribution in [1.29, 1.82) is 5.26 Å². The van der Waals surface area contributed by atoms with Crippen molar-refractivity contribution in [3.05, 3.63) is 67.7 Å². The third-order valence-corrected chi connectivity index (χ3v) is 5.08. The monoisotopic (exact) mass is 425 g/mol. The second-order valence-corrected chi connectivity index (χ2v) is 6.89. The topological polar surface area (TPSA) is 100 Å². The zero-order chi connectivity index (χ0) is 20.6. The zero-order valence-corrected chi connectivity index (χ0v) is 15.1. The third-order valence-electron chi connectivity index (χ3n) is 3.69. The molecule has 0 aliphatic carbocycles. The summed E-state index contributed by atoms with van der Waals surface area (Å²) in [5, 5.41) is 30.7. The van der Waals surface area contributed by atoms with Crippen molar-refractivity contribution in [3.63, 3.8) is 0 Å². The van der Waals surface area contributed by atoms with Crippen LogP contribution in [0.1, 0.15) is 16.1 Å². The summed E-state index contributed by atoms with van der Waals surface area (Å²) in [4.78, 5) is 14.2. The molecule has 0 bridgehead atoms. The average molecular weight is 426 g/mol. The molecular formula is C17H7ClF3N3O3S. The number of nitro benzene ring substituents is 1. The smallest absolute Gasteiger partial charge is 0.416 e. The molecule has 6 nitrogen and oxygen atoms in total. The number of alkyl halides is 3. The fourth-order valence-corrected chi connectivity index (χ4v) is 3.50. The molecule has 0 radical (unpaired) electrons. The number of hydrogen-bond donors (Lipinski definition) is 1. The summed E-state index contributed by atoms with van der Waals surface area (Å²) in [6, 6.07) is 7.97. The molecule has 1 heterocycles. The molecule has 0 aliphatic heterocycles. The fraction of sp³-hybridized carbons (Fsp3) is 0.0588. The number of nitrogens with zero attached hydrogens (tertiary/aromatic N) is 3. The minimum absolute atomic E-state index is 0.000476. The molecule has 1 N–H and O–H groups in total. The van der Waals surface area contributed by atoms with Crippen molar-refractivity contribution in [2.45, 2.75) is 6.18 Å². The van der Waals surface area contributed by atoms with Crippen LogP contribution in [0.3, 0.4) is 0 Å². The van der Waals surface area contributed by atoms with E-state index < -0.39 is 22.4 Å². The number of non-ortho nitro benzene ring substituents is 1. The number of fused-ring (bicyclic) bond motifs is 1. The van der Waals surface area contributed by atoms with E-state index in [1.807, 2.05) is 0 Å². The predicted octanol–water partition coefficient (Wildman–Crippen LogP) is 5.83. The first-order valence-electron chi connectivity index (χ1n) is 7.37. The minimum atomic E-state index is -4.55. The molecule has 3 aromatic rings. The molecule has 0 spiro atoms. The van der Waals surface area contributed by atoms with Crippen LogP contribution < -0.4 is 0 Å². The number of halogens is 4. The lowest BCUT2D eigenvalue weighted by Crippen LogP contribution is -2.03. The highest BCUT2D eigenvalue weighted by Gasteiger charge is 2.31. The van der Waals surface area contributed by atoms with Crippen LogP contribution >= 0.6 is 22.9 Å². The number of rotatable bonds is 3. The van der Waals surface area contributed by atoms with Gasteiger partial charge in [0.15, 0.2) is 0 Å². The van der Waals surface area contributed by atoms with Crippen molar-refractivity contribution in [2.75, 3.05) is 0 Å². The first-order valence-corrected chi connectivity index (χ1v) is 8.57. The van der Waals surface area contributed by atoms with Crippen LogP contribution in [0.25, 0.3) is 21.5 Å². The first-order chi connectivity index (χ1) is 13.1. The number of thiazole rings is 1. The van der Waals surface area contributed by atoms with Gasteiger partial charge in [0.1, 0.15) is 22.4 Å². The van der Waals surface area contributed by atoms with Crippen LogP contribution in [-0.2, 0) is 6.18 Å². The van der Waals surface area contributed by atoms with Crippen LogP contribution in [0.2, 0.25) is 5.02 Å². The lowest BCUT2D eigenvalue weighted by Gasteiger charge is -2.05. The molecule has 0 fully saturated rings. The summed E-state index contributed by atoms with van der Waals surface area (Å²) in [5.74, 6) is -0.661. The number of aliphatic hydroxyl groups excluding tert-OH is 1. The van der Waals surface area contributed by atoms with E-state index >= 15 is 0 Å². The number of aromatic nitrogens is 1. The summed E-state index contributed by atoms with van der Waals surface area (Å²) >= 11 is 6.86. The molecule has 142 valence electrons. The van der Waals surface area contributed by atoms with Gasteiger partial charge in [-0.15, -0.1) is 11.3 Å². The van der Waals surface area contributed by atoms with E-state index in [2.05, 4.69) is 4.98 Å². The number of aliphatic hydroxyl groups is 1. The highest BCUT2D eigenvalue weighted by molar-refractivity contribution is 7.19. The molecule has 1 aromatic heterocycles. The fourth-order valence-electron chi connectivity index (χ4n) is 2.36. The standard InChI is InChI=1S/C17H7ClF3N3O3S/c18-12-3-2-9(24(26)27)6-10(12)15(25)11(7-22)16-23-13-5-8(17(19,20)21)1-4-14(13)28-16/h1-6,25H. The number of benzene rings is 2. The second kappa shape index (κ2) is 7.10. The van der Waals surface area contributed by atoms with Gasteiger partial charge in [-0.1, -0.05) is 11.6 Å². The van der Waals surface area contributed by atoms with Crippen LogP contribution in [0.15, 0.2) is 36.4 Å². The molecule has 0 saturated carbocycles. The predicted molar refractivity (Wildman–Crippen MR) is 97.8 cm³/mol. The van der Waals surface area contributed by atoms with Gasteiger partial charge < -0.3 is 5.11 Å². The van der Waals surface area contributed by atoms with Gasteiger partial charge in [-0.3, -0.25) is 10.1 Å². The van der Waals surface area contributed by atoms with E-state index in [0.29, 0.717) is 4.70 Å². The van der Waals surface area contributed by atoms with Crippen LogP contribution in [0.4, 0.5) is 18.9 Å². The molecule has 0 aliphatic rings. The Labute approximate surface area is 163 Å². The Morgan fingerprint density at radius 2 is 2.00 bits per heavy atom. The lowest BCUT2D eigenvalue weighted by molar-refractivity contribution is -0.384. The number of nitriles is 1. The molecule has 28 heavy (non-hydrogen) atoms. The van der Waals surface area contributed by atoms with E-state index in [1.54, 1.807) is 6.07 Å². The Morgan fingerprint density at radius 1 is 1.29 bits per heavy atom. The van der Waals surface area contributed by atoms with E-state index in [0.717, 1.165) is 35.6 Å². The molecule has 0 amide bonds. The van der Waals surface area contributed by atoms with Crippen molar-refractivity contribution in [1.82, 2.24) is 4.98 Å². The Morgan fingerprint density at radius 3 is 2.61 bits per heavy atom. The van der Waals surface area contributed by atoms with Gasteiger partial charge in [0, 0.05) is 17.7 Å². The van der Waals surface area contributed by atoms with Gasteiger partial charge in [0.2, 0.25) is 0 Å². The van der Waals surface area contributed by atoms with Gasteiger partial charge in [-0.05, 0) is 24.3 Å². The quantitative estimate of drug-likeness (QED) is 0.246.